The first-order chi connectivity index (χ1) is 12.3. The molecule has 0 saturated carbocycles. The molecule has 26 heavy (non-hydrogen) atoms. The van der Waals surface area contributed by atoms with Gasteiger partial charge in [0.1, 0.15) is 16.5 Å². The number of amides is 1. The van der Waals surface area contributed by atoms with E-state index >= 15 is 0 Å². The lowest BCUT2D eigenvalue weighted by molar-refractivity contribution is 0.0955. The summed E-state index contributed by atoms with van der Waals surface area (Å²) in [4.78, 5) is 11.9. The number of rotatable bonds is 7. The zero-order chi connectivity index (χ0) is 19.3. The number of halogens is 1. The monoisotopic (exact) mass is 380 g/mol. The van der Waals surface area contributed by atoms with Gasteiger partial charge in [0.05, 0.1) is 7.11 Å². The van der Waals surface area contributed by atoms with Crippen molar-refractivity contribution in [2.75, 3.05) is 13.7 Å². The molecule has 0 heterocycles. The van der Waals surface area contributed by atoms with Crippen molar-refractivity contribution in [1.29, 1.82) is 0 Å². The molecule has 0 saturated heterocycles. The quantitative estimate of drug-likeness (QED) is 0.773. The fourth-order valence-electron chi connectivity index (χ4n) is 2.41. The van der Waals surface area contributed by atoms with Gasteiger partial charge >= 0.3 is 0 Å². The van der Waals surface area contributed by atoms with Crippen LogP contribution in [0.15, 0.2) is 47.4 Å². The lowest BCUT2D eigenvalue weighted by Crippen LogP contribution is -2.28. The van der Waals surface area contributed by atoms with E-state index in [1.807, 2.05) is 0 Å². The Morgan fingerprint density at radius 2 is 1.85 bits per heavy atom. The number of methoxy groups -OCH3 is 1. The Morgan fingerprint density at radius 3 is 2.42 bits per heavy atom. The molecule has 1 atom stereocenters. The topological polar surface area (TPSA) is 84.5 Å². The Hall–Kier alpha value is -2.45. The summed E-state index contributed by atoms with van der Waals surface area (Å²) in [6.07, 6.45) is 0. The molecule has 2 rings (SSSR count). The van der Waals surface area contributed by atoms with Crippen LogP contribution in [-0.4, -0.2) is 28.0 Å². The Kier molecular flexibility index (Phi) is 6.33. The lowest BCUT2D eigenvalue weighted by Gasteiger charge is -2.17. The van der Waals surface area contributed by atoms with Crippen LogP contribution in [0.4, 0.5) is 4.39 Å². The molecule has 0 fully saturated rings. The second-order valence-corrected chi connectivity index (χ2v) is 7.30. The second-order valence-electron chi connectivity index (χ2n) is 5.62. The maximum atomic E-state index is 13.0. The van der Waals surface area contributed by atoms with E-state index in [0.29, 0.717) is 12.1 Å². The zero-order valence-electron chi connectivity index (χ0n) is 14.7. The molecule has 2 N–H and O–H groups in total. The minimum atomic E-state index is -3.98. The standard InChI is InChI=1S/C18H21FN2O4S/c1-4-20-18(22)14-7-10-16(25-3)17(11-14)26(23,24)21-12(2)13-5-8-15(19)9-6-13/h5-12,21H,4H2,1-3H3,(H,20,22). The van der Waals surface area contributed by atoms with Gasteiger partial charge < -0.3 is 10.1 Å². The van der Waals surface area contributed by atoms with Crippen molar-refractivity contribution in [1.82, 2.24) is 10.0 Å². The number of carbonyl (C=O) groups is 1. The minimum Gasteiger partial charge on any atom is -0.495 e. The highest BCUT2D eigenvalue weighted by Crippen LogP contribution is 2.26. The van der Waals surface area contributed by atoms with E-state index in [-0.39, 0.29) is 22.1 Å². The van der Waals surface area contributed by atoms with Gasteiger partial charge in [0, 0.05) is 18.2 Å². The summed E-state index contributed by atoms with van der Waals surface area (Å²) in [5.74, 6) is -0.657. The third-order valence-electron chi connectivity index (χ3n) is 3.75. The molecule has 0 aliphatic heterocycles. The van der Waals surface area contributed by atoms with Crippen LogP contribution in [0.2, 0.25) is 0 Å². The molecule has 140 valence electrons. The molecule has 0 radical (unpaired) electrons. The van der Waals surface area contributed by atoms with Gasteiger partial charge in [-0.2, -0.15) is 0 Å². The largest absolute Gasteiger partial charge is 0.495 e. The van der Waals surface area contributed by atoms with Gasteiger partial charge in [0.15, 0.2) is 0 Å². The smallest absolute Gasteiger partial charge is 0.251 e. The molecule has 0 aliphatic rings. The average molecular weight is 380 g/mol. The van der Waals surface area contributed by atoms with Crippen LogP contribution < -0.4 is 14.8 Å². The highest BCUT2D eigenvalue weighted by Gasteiger charge is 2.24. The summed E-state index contributed by atoms with van der Waals surface area (Å²) in [5.41, 5.74) is 0.816. The van der Waals surface area contributed by atoms with Crippen LogP contribution in [0, 0.1) is 5.82 Å². The third-order valence-corrected chi connectivity index (χ3v) is 5.32. The summed E-state index contributed by atoms with van der Waals surface area (Å²) in [5, 5.41) is 2.62. The van der Waals surface area contributed by atoms with Crippen LogP contribution >= 0.6 is 0 Å². The van der Waals surface area contributed by atoms with E-state index in [9.17, 15) is 17.6 Å². The van der Waals surface area contributed by atoms with Crippen molar-refractivity contribution >= 4 is 15.9 Å². The van der Waals surface area contributed by atoms with Gasteiger partial charge in [-0.25, -0.2) is 17.5 Å². The van der Waals surface area contributed by atoms with Gasteiger partial charge in [-0.05, 0) is 49.7 Å². The van der Waals surface area contributed by atoms with E-state index < -0.39 is 21.9 Å². The summed E-state index contributed by atoms with van der Waals surface area (Å²) in [6.45, 7) is 3.84. The van der Waals surface area contributed by atoms with Crippen molar-refractivity contribution in [3.05, 3.63) is 59.4 Å². The van der Waals surface area contributed by atoms with Crippen LogP contribution in [-0.2, 0) is 10.0 Å². The number of nitrogens with one attached hydrogen (secondary N) is 2. The highest BCUT2D eigenvalue weighted by molar-refractivity contribution is 7.89. The van der Waals surface area contributed by atoms with Crippen LogP contribution in [0.25, 0.3) is 0 Å². The van der Waals surface area contributed by atoms with Crippen LogP contribution in [0.1, 0.15) is 35.8 Å². The zero-order valence-corrected chi connectivity index (χ0v) is 15.6. The van der Waals surface area contributed by atoms with E-state index in [1.54, 1.807) is 13.8 Å². The first-order valence-electron chi connectivity index (χ1n) is 8.02. The summed E-state index contributed by atoms with van der Waals surface area (Å²) in [7, 11) is -2.63. The molecular weight excluding hydrogens is 359 g/mol. The molecule has 6 nitrogen and oxygen atoms in total. The second kappa shape index (κ2) is 8.29. The first kappa shape index (κ1) is 19.9. The molecule has 1 amide bonds. The average Bonchev–Trinajstić information content (AvgIpc) is 2.61. The molecule has 1 unspecified atom stereocenters. The van der Waals surface area contributed by atoms with Gasteiger partial charge in [-0.3, -0.25) is 4.79 Å². The molecule has 0 aromatic heterocycles. The maximum absolute atomic E-state index is 13.0. The van der Waals surface area contributed by atoms with E-state index in [1.165, 1.54) is 49.6 Å². The highest BCUT2D eigenvalue weighted by atomic mass is 32.2. The van der Waals surface area contributed by atoms with Gasteiger partial charge in [0.25, 0.3) is 5.91 Å². The van der Waals surface area contributed by atoms with E-state index in [4.69, 9.17) is 4.74 Å². The predicted octanol–water partition coefficient (Wildman–Crippen LogP) is 2.62. The Morgan fingerprint density at radius 1 is 1.19 bits per heavy atom. The SMILES string of the molecule is CCNC(=O)c1ccc(OC)c(S(=O)(=O)NC(C)c2ccc(F)cc2)c1. The molecule has 0 spiro atoms. The molecule has 8 heteroatoms. The van der Waals surface area contributed by atoms with Gasteiger partial charge in [-0.15, -0.1) is 0 Å². The van der Waals surface area contributed by atoms with E-state index in [2.05, 4.69) is 10.0 Å². The summed E-state index contributed by atoms with van der Waals surface area (Å²) < 4.78 is 46.3. The maximum Gasteiger partial charge on any atom is 0.251 e. The van der Waals surface area contributed by atoms with Crippen LogP contribution in [0.3, 0.4) is 0 Å². The third kappa shape index (κ3) is 4.59. The van der Waals surface area contributed by atoms with Crippen molar-refractivity contribution in [3.63, 3.8) is 0 Å². The Balaban J connectivity index is 2.35. The van der Waals surface area contributed by atoms with Crippen molar-refractivity contribution in [3.8, 4) is 5.75 Å². The van der Waals surface area contributed by atoms with E-state index in [0.717, 1.165) is 0 Å². The summed E-state index contributed by atoms with van der Waals surface area (Å²) in [6, 6.07) is 9.12. The number of carbonyl (C=O) groups excluding carboxylic acids is 1. The fraction of sp³-hybridized carbons (Fsp3) is 0.278. The number of sulfonamides is 1. The predicted molar refractivity (Wildman–Crippen MR) is 96.1 cm³/mol. The molecule has 2 aromatic carbocycles. The number of hydrogen-bond acceptors (Lipinski definition) is 4. The molecule has 2 aromatic rings. The first-order valence-corrected chi connectivity index (χ1v) is 9.50. The van der Waals surface area contributed by atoms with Crippen molar-refractivity contribution in [2.45, 2.75) is 24.8 Å². The number of benzene rings is 2. The lowest BCUT2D eigenvalue weighted by atomic mass is 10.1. The Bertz CT molecular complexity index is 883. The number of hydrogen-bond donors (Lipinski definition) is 2. The van der Waals surface area contributed by atoms with Gasteiger partial charge in [-0.1, -0.05) is 12.1 Å². The number of ether oxygens (including phenoxy) is 1. The molecule has 0 bridgehead atoms. The van der Waals surface area contributed by atoms with Gasteiger partial charge in [0.2, 0.25) is 10.0 Å². The molecule has 0 aliphatic carbocycles. The minimum absolute atomic E-state index is 0.122. The normalized spacial score (nSPS) is 12.5. The van der Waals surface area contributed by atoms with Crippen molar-refractivity contribution in [2.24, 2.45) is 0 Å². The summed E-state index contributed by atoms with van der Waals surface area (Å²) >= 11 is 0. The Labute approximate surface area is 152 Å². The van der Waals surface area contributed by atoms with Crippen LogP contribution in [0.5, 0.6) is 5.75 Å². The van der Waals surface area contributed by atoms with Crippen molar-refractivity contribution < 1.29 is 22.3 Å². The fourth-order valence-corrected chi connectivity index (χ4v) is 3.83. The molecular formula is C18H21FN2O4S.